The number of hydrogen-bond acceptors (Lipinski definition) is 3. The zero-order valence-corrected chi connectivity index (χ0v) is 9.30. The average Bonchev–Trinajstić information content (AvgIpc) is 2.38. The number of nitrogens with zero attached hydrogens (tertiary/aromatic N) is 1. The maximum Gasteiger partial charge on any atom is 0.0571 e. The van der Waals surface area contributed by atoms with Gasteiger partial charge in [0.2, 0.25) is 0 Å². The molecule has 0 fully saturated rings. The highest BCUT2D eigenvalue weighted by molar-refractivity contribution is 5.90. The van der Waals surface area contributed by atoms with Gasteiger partial charge in [-0.2, -0.15) is 10.7 Å². The van der Waals surface area contributed by atoms with Gasteiger partial charge in [0.25, 0.3) is 0 Å². The summed E-state index contributed by atoms with van der Waals surface area (Å²) in [4.78, 5) is 0. The van der Waals surface area contributed by atoms with Crippen LogP contribution in [0.5, 0.6) is 0 Å². The Bertz CT molecular complexity index is 518. The van der Waals surface area contributed by atoms with Crippen molar-refractivity contribution in [2.45, 2.75) is 0 Å². The molecule has 0 saturated heterocycles. The van der Waals surface area contributed by atoms with Crippen molar-refractivity contribution >= 4 is 6.21 Å². The van der Waals surface area contributed by atoms with Crippen molar-refractivity contribution in [1.82, 2.24) is 5.59 Å². The number of hydrogen-bond donors (Lipinski definition) is 2. The van der Waals surface area contributed by atoms with Crippen LogP contribution in [0.3, 0.4) is 0 Å². The molecule has 1 radical (unpaired) electrons. The van der Waals surface area contributed by atoms with Crippen molar-refractivity contribution in [3.63, 3.8) is 0 Å². The quantitative estimate of drug-likeness (QED) is 0.623. The Balaban J connectivity index is 2.44. The fourth-order valence-corrected chi connectivity index (χ4v) is 1.66. The Kier molecular flexibility index (Phi) is 3.52. The molecule has 0 bridgehead atoms. The van der Waals surface area contributed by atoms with Crippen molar-refractivity contribution in [2.75, 3.05) is 0 Å². The van der Waals surface area contributed by atoms with E-state index < -0.39 is 0 Å². The van der Waals surface area contributed by atoms with E-state index in [2.05, 4.69) is 12.0 Å². The Hall–Kier alpha value is -2.13. The van der Waals surface area contributed by atoms with E-state index in [0.717, 1.165) is 22.3 Å². The fourth-order valence-electron chi connectivity index (χ4n) is 1.66. The van der Waals surface area contributed by atoms with Crippen molar-refractivity contribution in [2.24, 2.45) is 5.10 Å². The second-order valence-corrected chi connectivity index (χ2v) is 3.64. The van der Waals surface area contributed by atoms with Gasteiger partial charge in [-0.05, 0) is 23.6 Å². The minimum absolute atomic E-state index is 0.936. The van der Waals surface area contributed by atoms with Gasteiger partial charge in [-0.25, -0.2) is 0 Å². The van der Waals surface area contributed by atoms with Crippen LogP contribution in [0.25, 0.3) is 11.1 Å². The first kappa shape index (κ1) is 11.4. The topological polar surface area (TPSA) is 44.6 Å². The summed E-state index contributed by atoms with van der Waals surface area (Å²) in [5, 5.41) is 12.1. The minimum Gasteiger partial charge on any atom is -0.274 e. The highest BCUT2D eigenvalue weighted by atomic mass is 16.5. The number of hydrazone groups is 1. The van der Waals surface area contributed by atoms with E-state index in [1.54, 1.807) is 11.8 Å². The van der Waals surface area contributed by atoms with Gasteiger partial charge in [0, 0.05) is 5.56 Å². The SMILES string of the molecule is [CH2]c1ccc(-c2ccccc2C=NNO)cc1. The van der Waals surface area contributed by atoms with E-state index >= 15 is 0 Å². The molecule has 17 heavy (non-hydrogen) atoms. The van der Waals surface area contributed by atoms with Crippen molar-refractivity contribution < 1.29 is 5.21 Å². The van der Waals surface area contributed by atoms with Crippen LogP contribution in [-0.4, -0.2) is 11.4 Å². The van der Waals surface area contributed by atoms with Gasteiger partial charge >= 0.3 is 0 Å². The molecule has 2 aromatic carbocycles. The van der Waals surface area contributed by atoms with Gasteiger partial charge < -0.3 is 0 Å². The average molecular weight is 225 g/mol. The van der Waals surface area contributed by atoms with Gasteiger partial charge in [-0.3, -0.25) is 5.21 Å². The molecule has 3 heteroatoms. The van der Waals surface area contributed by atoms with Crippen molar-refractivity contribution in [3.05, 3.63) is 66.6 Å². The van der Waals surface area contributed by atoms with Gasteiger partial charge in [-0.15, -0.1) is 0 Å². The first-order chi connectivity index (χ1) is 8.31. The molecule has 2 N–H and O–H groups in total. The normalized spacial score (nSPS) is 10.7. The van der Waals surface area contributed by atoms with Crippen molar-refractivity contribution in [3.8, 4) is 11.1 Å². The van der Waals surface area contributed by atoms with Gasteiger partial charge in [0.15, 0.2) is 0 Å². The first-order valence-corrected chi connectivity index (χ1v) is 5.25. The van der Waals surface area contributed by atoms with Gasteiger partial charge in [0.05, 0.1) is 6.21 Å². The Labute approximate surface area is 100 Å². The number of nitrogens with one attached hydrogen (secondary N) is 1. The second-order valence-electron chi connectivity index (χ2n) is 3.64. The molecule has 0 aliphatic rings. The molecule has 0 amide bonds. The Morgan fingerprint density at radius 3 is 2.47 bits per heavy atom. The summed E-state index contributed by atoms with van der Waals surface area (Å²) in [5.74, 6) is 0. The molecular weight excluding hydrogens is 212 g/mol. The predicted octanol–water partition coefficient (Wildman–Crippen LogP) is 2.85. The zero-order valence-electron chi connectivity index (χ0n) is 9.30. The van der Waals surface area contributed by atoms with Crippen LogP contribution in [0.2, 0.25) is 0 Å². The number of rotatable bonds is 3. The molecule has 0 saturated carbocycles. The fraction of sp³-hybridized carbons (Fsp3) is 0. The van der Waals surface area contributed by atoms with Gasteiger partial charge in [0.1, 0.15) is 0 Å². The largest absolute Gasteiger partial charge is 0.274 e. The molecule has 0 atom stereocenters. The maximum absolute atomic E-state index is 8.47. The molecule has 0 aromatic heterocycles. The minimum atomic E-state index is 0.936. The highest BCUT2D eigenvalue weighted by Gasteiger charge is 2.01. The summed E-state index contributed by atoms with van der Waals surface area (Å²) in [5.41, 5.74) is 5.84. The van der Waals surface area contributed by atoms with Crippen molar-refractivity contribution in [1.29, 1.82) is 0 Å². The van der Waals surface area contributed by atoms with Crippen LogP contribution in [-0.2, 0) is 0 Å². The first-order valence-electron chi connectivity index (χ1n) is 5.25. The standard InChI is InChI=1S/C14H13N2O/c1-11-6-8-12(9-7-11)14-5-3-2-4-13(14)10-15-16-17/h2-10,16-17H,1H2. The molecule has 85 valence electrons. The van der Waals surface area contributed by atoms with E-state index in [9.17, 15) is 0 Å². The summed E-state index contributed by atoms with van der Waals surface area (Å²) < 4.78 is 0. The van der Waals surface area contributed by atoms with Crippen LogP contribution >= 0.6 is 0 Å². The number of benzene rings is 2. The lowest BCUT2D eigenvalue weighted by Gasteiger charge is -2.06. The third-order valence-electron chi connectivity index (χ3n) is 2.49. The van der Waals surface area contributed by atoms with E-state index in [0.29, 0.717) is 0 Å². The summed E-state index contributed by atoms with van der Waals surface area (Å²) >= 11 is 0. The molecule has 0 spiro atoms. The molecule has 2 rings (SSSR count). The van der Waals surface area contributed by atoms with E-state index in [1.165, 1.54) is 0 Å². The lowest BCUT2D eigenvalue weighted by Crippen LogP contribution is -1.97. The molecule has 0 heterocycles. The van der Waals surface area contributed by atoms with Crippen LogP contribution in [0.1, 0.15) is 11.1 Å². The maximum atomic E-state index is 8.47. The van der Waals surface area contributed by atoms with Crippen LogP contribution in [0.4, 0.5) is 0 Å². The van der Waals surface area contributed by atoms with Crippen LogP contribution < -0.4 is 5.59 Å². The third-order valence-corrected chi connectivity index (χ3v) is 2.49. The van der Waals surface area contributed by atoms with Gasteiger partial charge in [-0.1, -0.05) is 48.5 Å². The summed E-state index contributed by atoms with van der Waals surface area (Å²) in [6.07, 6.45) is 1.58. The lowest BCUT2D eigenvalue weighted by molar-refractivity contribution is 0.173. The monoisotopic (exact) mass is 225 g/mol. The lowest BCUT2D eigenvalue weighted by atomic mass is 9.99. The second kappa shape index (κ2) is 5.27. The summed E-state index contributed by atoms with van der Waals surface area (Å²) in [7, 11) is 0. The van der Waals surface area contributed by atoms with Crippen LogP contribution in [0, 0.1) is 6.92 Å². The van der Waals surface area contributed by atoms with E-state index in [1.807, 2.05) is 48.5 Å². The summed E-state index contributed by atoms with van der Waals surface area (Å²) in [6.45, 7) is 3.86. The van der Waals surface area contributed by atoms with E-state index in [4.69, 9.17) is 5.21 Å². The Morgan fingerprint density at radius 2 is 1.76 bits per heavy atom. The molecule has 0 unspecified atom stereocenters. The van der Waals surface area contributed by atoms with Crippen LogP contribution in [0.15, 0.2) is 53.6 Å². The van der Waals surface area contributed by atoms with E-state index in [-0.39, 0.29) is 0 Å². The summed E-state index contributed by atoms with van der Waals surface area (Å²) in [6, 6.07) is 15.8. The predicted molar refractivity (Wildman–Crippen MR) is 68.9 cm³/mol. The highest BCUT2D eigenvalue weighted by Crippen LogP contribution is 2.22. The molecule has 2 aromatic rings. The third kappa shape index (κ3) is 2.71. The molecule has 0 aliphatic carbocycles. The molecular formula is C14H13N2O. The Morgan fingerprint density at radius 1 is 1.06 bits per heavy atom. The molecule has 3 nitrogen and oxygen atoms in total. The smallest absolute Gasteiger partial charge is 0.0571 e. The zero-order chi connectivity index (χ0) is 12.1. The molecule has 0 aliphatic heterocycles.